The molecule has 0 atom stereocenters. The first-order valence-electron chi connectivity index (χ1n) is 10.2. The molecule has 0 bridgehead atoms. The van der Waals surface area contributed by atoms with E-state index in [-0.39, 0.29) is 18.4 Å². The first kappa shape index (κ1) is 21.9. The van der Waals surface area contributed by atoms with Gasteiger partial charge in [0.25, 0.3) is 5.91 Å². The van der Waals surface area contributed by atoms with Crippen molar-refractivity contribution in [2.24, 2.45) is 0 Å². The van der Waals surface area contributed by atoms with Gasteiger partial charge in [0.2, 0.25) is 5.91 Å². The van der Waals surface area contributed by atoms with Crippen LogP contribution in [-0.4, -0.2) is 25.0 Å². The molecule has 0 aliphatic carbocycles. The molecule has 31 heavy (non-hydrogen) atoms. The zero-order chi connectivity index (χ0) is 22.2. The van der Waals surface area contributed by atoms with E-state index in [1.807, 2.05) is 51.1 Å². The Balaban J connectivity index is 1.52. The van der Waals surface area contributed by atoms with E-state index in [9.17, 15) is 9.59 Å². The number of hydrogen-bond acceptors (Lipinski definition) is 4. The number of rotatable bonds is 8. The van der Waals surface area contributed by atoms with Crippen LogP contribution in [0.4, 0.5) is 17.1 Å². The summed E-state index contributed by atoms with van der Waals surface area (Å²) >= 11 is 0. The van der Waals surface area contributed by atoms with Gasteiger partial charge in [0.1, 0.15) is 5.75 Å². The SMILES string of the molecule is CCOc1ccc(NC(=O)c2ccc(NC(=O)CNc3cccc(C)c3C)cc2)cc1. The van der Waals surface area contributed by atoms with Crippen molar-refractivity contribution in [3.8, 4) is 5.75 Å². The standard InChI is InChI=1S/C25H27N3O3/c1-4-31-22-14-12-21(13-15-22)28-25(30)19-8-10-20(11-9-19)27-24(29)16-26-23-7-5-6-17(2)18(23)3/h5-15,26H,4,16H2,1-3H3,(H,27,29)(H,28,30). The van der Waals surface area contributed by atoms with Crippen LogP contribution >= 0.6 is 0 Å². The highest BCUT2D eigenvalue weighted by Crippen LogP contribution is 2.19. The van der Waals surface area contributed by atoms with Gasteiger partial charge in [0.05, 0.1) is 13.2 Å². The summed E-state index contributed by atoms with van der Waals surface area (Å²) < 4.78 is 5.40. The molecule has 0 radical (unpaired) electrons. The van der Waals surface area contributed by atoms with E-state index in [1.54, 1.807) is 36.4 Å². The summed E-state index contributed by atoms with van der Waals surface area (Å²) in [5, 5.41) is 8.83. The maximum Gasteiger partial charge on any atom is 0.255 e. The molecular formula is C25H27N3O3. The Hall–Kier alpha value is -3.80. The van der Waals surface area contributed by atoms with Gasteiger partial charge in [-0.05, 0) is 86.5 Å². The maximum absolute atomic E-state index is 12.4. The Labute approximate surface area is 182 Å². The van der Waals surface area contributed by atoms with Crippen LogP contribution in [0, 0.1) is 13.8 Å². The minimum atomic E-state index is -0.223. The number of carbonyl (C=O) groups is 2. The van der Waals surface area contributed by atoms with Crippen molar-refractivity contribution < 1.29 is 14.3 Å². The molecule has 3 aromatic rings. The summed E-state index contributed by atoms with van der Waals surface area (Å²) in [7, 11) is 0. The molecule has 0 saturated carbocycles. The van der Waals surface area contributed by atoms with Gasteiger partial charge in [0.15, 0.2) is 0 Å². The summed E-state index contributed by atoms with van der Waals surface area (Å²) in [5.41, 5.74) is 5.05. The molecule has 6 nitrogen and oxygen atoms in total. The summed E-state index contributed by atoms with van der Waals surface area (Å²) in [6.07, 6.45) is 0. The summed E-state index contributed by atoms with van der Waals surface area (Å²) in [5.74, 6) is 0.374. The van der Waals surface area contributed by atoms with Gasteiger partial charge >= 0.3 is 0 Å². The Morgan fingerprint density at radius 3 is 2.16 bits per heavy atom. The molecule has 0 aliphatic rings. The lowest BCUT2D eigenvalue weighted by Gasteiger charge is -2.12. The van der Waals surface area contributed by atoms with E-state index in [0.717, 1.165) is 17.0 Å². The number of anilines is 3. The topological polar surface area (TPSA) is 79.5 Å². The average Bonchev–Trinajstić information content (AvgIpc) is 2.77. The zero-order valence-electron chi connectivity index (χ0n) is 18.0. The minimum Gasteiger partial charge on any atom is -0.494 e. The third-order valence-corrected chi connectivity index (χ3v) is 4.90. The molecule has 0 unspecified atom stereocenters. The second-order valence-electron chi connectivity index (χ2n) is 7.14. The molecular weight excluding hydrogens is 390 g/mol. The fourth-order valence-corrected chi connectivity index (χ4v) is 3.03. The Morgan fingerprint density at radius 2 is 1.48 bits per heavy atom. The number of benzene rings is 3. The second kappa shape index (κ2) is 10.3. The molecule has 2 amide bonds. The van der Waals surface area contributed by atoms with E-state index in [0.29, 0.717) is 23.5 Å². The smallest absolute Gasteiger partial charge is 0.255 e. The fraction of sp³-hybridized carbons (Fsp3) is 0.200. The van der Waals surface area contributed by atoms with Crippen LogP contribution in [0.5, 0.6) is 5.75 Å². The van der Waals surface area contributed by atoms with E-state index >= 15 is 0 Å². The lowest BCUT2D eigenvalue weighted by Crippen LogP contribution is -2.22. The van der Waals surface area contributed by atoms with Gasteiger partial charge in [-0.25, -0.2) is 0 Å². The molecule has 3 N–H and O–H groups in total. The van der Waals surface area contributed by atoms with E-state index in [2.05, 4.69) is 16.0 Å². The van der Waals surface area contributed by atoms with Crippen molar-refractivity contribution in [1.82, 2.24) is 0 Å². The van der Waals surface area contributed by atoms with Crippen LogP contribution in [0.2, 0.25) is 0 Å². The van der Waals surface area contributed by atoms with Gasteiger partial charge in [-0.2, -0.15) is 0 Å². The lowest BCUT2D eigenvalue weighted by atomic mass is 10.1. The quantitative estimate of drug-likeness (QED) is 0.482. The van der Waals surface area contributed by atoms with Crippen molar-refractivity contribution in [2.75, 3.05) is 29.1 Å². The highest BCUT2D eigenvalue weighted by Gasteiger charge is 2.08. The van der Waals surface area contributed by atoms with E-state index < -0.39 is 0 Å². The van der Waals surface area contributed by atoms with Gasteiger partial charge in [-0.3, -0.25) is 9.59 Å². The van der Waals surface area contributed by atoms with Crippen molar-refractivity contribution in [2.45, 2.75) is 20.8 Å². The molecule has 0 aromatic heterocycles. The summed E-state index contributed by atoms with van der Waals surface area (Å²) in [4.78, 5) is 24.7. The van der Waals surface area contributed by atoms with Gasteiger partial charge in [-0.15, -0.1) is 0 Å². The zero-order valence-corrected chi connectivity index (χ0v) is 18.0. The summed E-state index contributed by atoms with van der Waals surface area (Å²) in [6.45, 7) is 6.73. The molecule has 160 valence electrons. The Kier molecular flexibility index (Phi) is 7.27. The summed E-state index contributed by atoms with van der Waals surface area (Å²) in [6, 6.07) is 19.9. The molecule has 0 aliphatic heterocycles. The van der Waals surface area contributed by atoms with Crippen molar-refractivity contribution in [1.29, 1.82) is 0 Å². The van der Waals surface area contributed by atoms with E-state index in [1.165, 1.54) is 5.56 Å². The van der Waals surface area contributed by atoms with Crippen LogP contribution in [-0.2, 0) is 4.79 Å². The number of amides is 2. The van der Waals surface area contributed by atoms with Crippen molar-refractivity contribution in [3.05, 3.63) is 83.4 Å². The van der Waals surface area contributed by atoms with Gasteiger partial charge in [0, 0.05) is 22.6 Å². The molecule has 0 spiro atoms. The van der Waals surface area contributed by atoms with Crippen LogP contribution < -0.4 is 20.7 Å². The monoisotopic (exact) mass is 417 g/mol. The van der Waals surface area contributed by atoms with Crippen LogP contribution in [0.25, 0.3) is 0 Å². The normalized spacial score (nSPS) is 10.3. The molecule has 0 fully saturated rings. The lowest BCUT2D eigenvalue weighted by molar-refractivity contribution is -0.114. The van der Waals surface area contributed by atoms with E-state index in [4.69, 9.17) is 4.74 Å². The predicted octanol–water partition coefficient (Wildman–Crippen LogP) is 5.01. The van der Waals surface area contributed by atoms with Crippen LogP contribution in [0.3, 0.4) is 0 Å². The third kappa shape index (κ3) is 6.09. The first-order valence-corrected chi connectivity index (χ1v) is 10.2. The Morgan fingerprint density at radius 1 is 0.839 bits per heavy atom. The number of carbonyl (C=O) groups excluding carboxylic acids is 2. The second-order valence-corrected chi connectivity index (χ2v) is 7.14. The maximum atomic E-state index is 12.4. The average molecular weight is 418 g/mol. The predicted molar refractivity (Wildman–Crippen MR) is 125 cm³/mol. The molecule has 0 heterocycles. The number of nitrogens with one attached hydrogen (secondary N) is 3. The largest absolute Gasteiger partial charge is 0.494 e. The fourth-order valence-electron chi connectivity index (χ4n) is 3.03. The van der Waals surface area contributed by atoms with Crippen LogP contribution in [0.15, 0.2) is 66.7 Å². The van der Waals surface area contributed by atoms with Crippen molar-refractivity contribution >= 4 is 28.9 Å². The minimum absolute atomic E-state index is 0.157. The third-order valence-electron chi connectivity index (χ3n) is 4.90. The Bertz CT molecular complexity index is 1040. The highest BCUT2D eigenvalue weighted by molar-refractivity contribution is 6.04. The molecule has 3 aromatic carbocycles. The van der Waals surface area contributed by atoms with Crippen molar-refractivity contribution in [3.63, 3.8) is 0 Å². The number of hydrogen-bond donors (Lipinski definition) is 3. The highest BCUT2D eigenvalue weighted by atomic mass is 16.5. The first-order chi connectivity index (χ1) is 15.0. The number of ether oxygens (including phenoxy) is 1. The molecule has 3 rings (SSSR count). The molecule has 6 heteroatoms. The van der Waals surface area contributed by atoms with Gasteiger partial charge in [-0.1, -0.05) is 12.1 Å². The molecule has 0 saturated heterocycles. The van der Waals surface area contributed by atoms with Crippen LogP contribution in [0.1, 0.15) is 28.4 Å². The van der Waals surface area contributed by atoms with Gasteiger partial charge < -0.3 is 20.7 Å². The number of aryl methyl sites for hydroxylation is 1.